The number of pyridine rings is 1. The number of aliphatic hydroxyl groups is 1. The molecule has 1 aliphatic rings. The number of hydrazine groups is 1. The number of halogens is 1. The highest BCUT2D eigenvalue weighted by molar-refractivity contribution is 5.99. The number of aromatic nitrogens is 1. The van der Waals surface area contributed by atoms with Gasteiger partial charge in [0.15, 0.2) is 0 Å². The normalized spacial score (nSPS) is 14.9. The van der Waals surface area contributed by atoms with Gasteiger partial charge in [0.05, 0.1) is 30.4 Å². The largest absolute Gasteiger partial charge is 0.463 e. The first-order valence-corrected chi connectivity index (χ1v) is 16.0. The monoisotopic (exact) mass is 633 g/mol. The summed E-state index contributed by atoms with van der Waals surface area (Å²) >= 11 is 0. The molecule has 3 aromatic rings. The van der Waals surface area contributed by atoms with Crippen LogP contribution < -0.4 is 16.2 Å². The molecule has 46 heavy (non-hydrogen) atoms. The van der Waals surface area contributed by atoms with Crippen LogP contribution in [0.3, 0.4) is 0 Å². The smallest absolute Gasteiger partial charge is 0.310 e. The van der Waals surface area contributed by atoms with Crippen LogP contribution >= 0.6 is 0 Å². The quantitative estimate of drug-likeness (QED) is 0.0821. The molecule has 0 radical (unpaired) electrons. The van der Waals surface area contributed by atoms with Crippen molar-refractivity contribution in [3.63, 3.8) is 0 Å². The number of carbonyl (C=O) groups excluding carboxylic acids is 1. The fraction of sp³-hybridized carbons (Fsp3) is 0.486. The minimum atomic E-state index is -0.500. The maximum absolute atomic E-state index is 13.3. The standard InChI is InChI=1S/C33H42FN5O2.C4H10O/c1-21(2)41-29(40)19-28-22(3)37-23(4)30(31(28)39-17-15-33(5,6)16-18-39)25-9-11-26(12-10-25)32(38-35)36-20-24-7-13-27(34)14-8-24;1-4(2,3)5/h7-14,21H,15-20,35H2,1-6H3,(H,36,38);5H,1-3H3. The number of rotatable bonds is 8. The molecule has 2 aromatic carbocycles. The second-order valence-electron chi connectivity index (χ2n) is 14.0. The summed E-state index contributed by atoms with van der Waals surface area (Å²) in [6, 6.07) is 14.3. The molecule has 0 spiro atoms. The van der Waals surface area contributed by atoms with Crippen LogP contribution in [0.1, 0.15) is 89.4 Å². The fourth-order valence-electron chi connectivity index (χ4n) is 5.33. The Morgan fingerprint density at radius 3 is 2.15 bits per heavy atom. The van der Waals surface area contributed by atoms with Crippen molar-refractivity contribution < 1.29 is 19.0 Å². The van der Waals surface area contributed by atoms with Gasteiger partial charge in [0.1, 0.15) is 11.7 Å². The number of esters is 1. The van der Waals surface area contributed by atoms with E-state index in [-0.39, 0.29) is 29.7 Å². The van der Waals surface area contributed by atoms with Crippen molar-refractivity contribution in [2.24, 2.45) is 16.3 Å². The van der Waals surface area contributed by atoms with E-state index >= 15 is 0 Å². The lowest BCUT2D eigenvalue weighted by Crippen LogP contribution is -2.38. The summed E-state index contributed by atoms with van der Waals surface area (Å²) in [5.74, 6) is 5.84. The molecule has 8 nitrogen and oxygen atoms in total. The number of benzene rings is 2. The minimum Gasteiger partial charge on any atom is -0.463 e. The molecular formula is C37H52FN5O3. The van der Waals surface area contributed by atoms with Crippen molar-refractivity contribution >= 4 is 17.5 Å². The molecule has 1 fully saturated rings. The Morgan fingerprint density at radius 1 is 1.07 bits per heavy atom. The van der Waals surface area contributed by atoms with Crippen molar-refractivity contribution in [1.82, 2.24) is 10.4 Å². The molecule has 1 saturated heterocycles. The summed E-state index contributed by atoms with van der Waals surface area (Å²) in [4.78, 5) is 24.8. The van der Waals surface area contributed by atoms with Crippen LogP contribution in [0.15, 0.2) is 53.5 Å². The van der Waals surface area contributed by atoms with E-state index in [1.165, 1.54) is 12.1 Å². The summed E-state index contributed by atoms with van der Waals surface area (Å²) in [5, 5.41) is 8.52. The van der Waals surface area contributed by atoms with Gasteiger partial charge in [-0.25, -0.2) is 10.2 Å². The summed E-state index contributed by atoms with van der Waals surface area (Å²) in [6.45, 7) is 19.8. The first kappa shape index (κ1) is 36.6. The van der Waals surface area contributed by atoms with Crippen LogP contribution in [0, 0.1) is 25.1 Å². The predicted octanol–water partition coefficient (Wildman–Crippen LogP) is 6.81. The lowest BCUT2D eigenvalue weighted by Gasteiger charge is -2.40. The number of aryl methyl sites for hydroxylation is 2. The third-order valence-electron chi connectivity index (χ3n) is 7.69. The molecule has 1 aliphatic heterocycles. The Labute approximate surface area is 274 Å². The third kappa shape index (κ3) is 10.9. The second kappa shape index (κ2) is 15.6. The summed E-state index contributed by atoms with van der Waals surface area (Å²) < 4.78 is 18.8. The lowest BCUT2D eigenvalue weighted by atomic mass is 9.82. The van der Waals surface area contributed by atoms with Gasteiger partial charge in [-0.1, -0.05) is 50.2 Å². The SMILES string of the molecule is CC(C)(C)O.Cc1nc(C)c(-c2ccc(C(=NCc3ccc(F)cc3)NN)cc2)c(N2CCC(C)(C)CC2)c1CC(=O)OC(C)C. The number of piperidine rings is 1. The van der Waals surface area contributed by atoms with Gasteiger partial charge in [-0.05, 0) is 90.0 Å². The average molecular weight is 634 g/mol. The van der Waals surface area contributed by atoms with Crippen molar-refractivity contribution in [3.05, 3.63) is 82.4 Å². The van der Waals surface area contributed by atoms with E-state index in [0.29, 0.717) is 12.4 Å². The molecule has 0 amide bonds. The van der Waals surface area contributed by atoms with Gasteiger partial charge < -0.3 is 20.2 Å². The predicted molar refractivity (Wildman–Crippen MR) is 185 cm³/mol. The topological polar surface area (TPSA) is 113 Å². The van der Waals surface area contributed by atoms with Crippen molar-refractivity contribution in [1.29, 1.82) is 0 Å². The molecule has 0 atom stereocenters. The molecule has 1 aromatic heterocycles. The number of hydrogen-bond acceptors (Lipinski definition) is 7. The van der Waals surface area contributed by atoms with Crippen molar-refractivity contribution in [2.45, 2.75) is 99.8 Å². The minimum absolute atomic E-state index is 0.175. The zero-order valence-corrected chi connectivity index (χ0v) is 29.0. The van der Waals surface area contributed by atoms with Crippen LogP contribution in [0.25, 0.3) is 11.1 Å². The molecule has 0 aliphatic carbocycles. The number of aliphatic imine (C=N–C) groups is 1. The van der Waals surface area contributed by atoms with Crippen LogP contribution in [0.2, 0.25) is 0 Å². The van der Waals surface area contributed by atoms with E-state index < -0.39 is 5.60 Å². The van der Waals surface area contributed by atoms with Crippen LogP contribution in [0.5, 0.6) is 0 Å². The molecule has 0 bridgehead atoms. The number of nitrogens with zero attached hydrogens (tertiary/aromatic N) is 3. The number of hydrogen-bond donors (Lipinski definition) is 3. The maximum Gasteiger partial charge on any atom is 0.310 e. The Kier molecular flexibility index (Phi) is 12.5. The van der Waals surface area contributed by atoms with Crippen LogP contribution in [-0.2, 0) is 22.5 Å². The molecule has 250 valence electrons. The summed E-state index contributed by atoms with van der Waals surface area (Å²) in [7, 11) is 0. The summed E-state index contributed by atoms with van der Waals surface area (Å²) in [5.41, 5.74) is 9.99. The Morgan fingerprint density at radius 2 is 1.63 bits per heavy atom. The average Bonchev–Trinajstić information content (AvgIpc) is 2.95. The molecule has 2 heterocycles. The Balaban J connectivity index is 0.00000107. The van der Waals surface area contributed by atoms with Crippen LogP contribution in [0.4, 0.5) is 10.1 Å². The first-order chi connectivity index (χ1) is 21.5. The molecule has 0 unspecified atom stereocenters. The van der Waals surface area contributed by atoms with E-state index in [0.717, 1.165) is 70.8 Å². The highest BCUT2D eigenvalue weighted by Gasteiger charge is 2.30. The van der Waals surface area contributed by atoms with Crippen molar-refractivity contribution in [3.8, 4) is 11.1 Å². The number of nitrogens with one attached hydrogen (secondary N) is 1. The number of amidine groups is 1. The summed E-state index contributed by atoms with van der Waals surface area (Å²) in [6.07, 6.45) is 2.13. The molecule has 9 heteroatoms. The van der Waals surface area contributed by atoms with E-state index in [1.807, 2.05) is 52.0 Å². The Hall–Kier alpha value is -3.82. The third-order valence-corrected chi connectivity index (χ3v) is 7.69. The number of carbonyl (C=O) groups is 1. The van der Waals surface area contributed by atoms with Gasteiger partial charge in [-0.2, -0.15) is 0 Å². The molecular weight excluding hydrogens is 581 g/mol. The van der Waals surface area contributed by atoms with Gasteiger partial charge in [-0.15, -0.1) is 0 Å². The highest BCUT2D eigenvalue weighted by Crippen LogP contribution is 2.41. The van der Waals surface area contributed by atoms with E-state index in [9.17, 15) is 9.18 Å². The molecule has 4 N–H and O–H groups in total. The molecule has 4 rings (SSSR count). The van der Waals surface area contributed by atoms with Gasteiger partial charge >= 0.3 is 5.97 Å². The van der Waals surface area contributed by atoms with Gasteiger partial charge in [-0.3, -0.25) is 14.8 Å². The van der Waals surface area contributed by atoms with Gasteiger partial charge in [0, 0.05) is 41.2 Å². The van der Waals surface area contributed by atoms with Gasteiger partial charge in [0.25, 0.3) is 0 Å². The highest BCUT2D eigenvalue weighted by atomic mass is 19.1. The van der Waals surface area contributed by atoms with Crippen LogP contribution in [-0.4, -0.2) is 46.7 Å². The zero-order valence-electron chi connectivity index (χ0n) is 29.0. The second-order valence-corrected chi connectivity index (χ2v) is 14.0. The molecule has 0 saturated carbocycles. The lowest BCUT2D eigenvalue weighted by molar-refractivity contribution is -0.146. The van der Waals surface area contributed by atoms with Crippen molar-refractivity contribution in [2.75, 3.05) is 18.0 Å². The van der Waals surface area contributed by atoms with E-state index in [2.05, 4.69) is 29.2 Å². The number of nitrogens with two attached hydrogens (primary N) is 1. The zero-order chi connectivity index (χ0) is 34.2. The van der Waals surface area contributed by atoms with Gasteiger partial charge in [0.2, 0.25) is 0 Å². The fourth-order valence-corrected chi connectivity index (χ4v) is 5.33. The van der Waals surface area contributed by atoms with E-state index in [4.69, 9.17) is 20.7 Å². The first-order valence-electron chi connectivity index (χ1n) is 16.0. The van der Waals surface area contributed by atoms with E-state index in [1.54, 1.807) is 32.9 Å². The maximum atomic E-state index is 13.3. The number of anilines is 1. The number of ether oxygens (including phenoxy) is 1. The Bertz CT molecular complexity index is 1480.